The maximum atomic E-state index is 12.6. The summed E-state index contributed by atoms with van der Waals surface area (Å²) in [7, 11) is -3.64. The van der Waals surface area contributed by atoms with Crippen LogP contribution in [-0.4, -0.2) is 62.4 Å². The van der Waals surface area contributed by atoms with E-state index in [1.165, 1.54) is 34.6 Å². The predicted molar refractivity (Wildman–Crippen MR) is 114 cm³/mol. The third kappa shape index (κ3) is 4.93. The summed E-state index contributed by atoms with van der Waals surface area (Å²) in [5, 5.41) is 0. The van der Waals surface area contributed by atoms with Crippen LogP contribution in [0.15, 0.2) is 63.9 Å². The Bertz CT molecular complexity index is 1220. The maximum absolute atomic E-state index is 12.6. The third-order valence-electron chi connectivity index (χ3n) is 4.80. The Morgan fingerprint density at radius 3 is 2.50 bits per heavy atom. The summed E-state index contributed by atoms with van der Waals surface area (Å²) in [5.41, 5.74) is 1.49. The number of fused-ring (bicyclic) bond motifs is 1. The second-order valence-electron chi connectivity index (χ2n) is 6.92. The van der Waals surface area contributed by atoms with Gasteiger partial charge in [-0.3, -0.25) is 4.79 Å². The van der Waals surface area contributed by atoms with Crippen molar-refractivity contribution in [3.63, 3.8) is 0 Å². The molecule has 9 nitrogen and oxygen atoms in total. The number of benzene rings is 2. The van der Waals surface area contributed by atoms with Gasteiger partial charge in [0.2, 0.25) is 15.9 Å². The van der Waals surface area contributed by atoms with Gasteiger partial charge >= 0.3 is 5.97 Å². The monoisotopic (exact) mass is 456 g/mol. The lowest BCUT2D eigenvalue weighted by Gasteiger charge is -2.26. The van der Waals surface area contributed by atoms with Gasteiger partial charge < -0.3 is 13.9 Å². The van der Waals surface area contributed by atoms with Gasteiger partial charge in [0.05, 0.1) is 18.1 Å². The van der Waals surface area contributed by atoms with Crippen LogP contribution < -0.4 is 0 Å². The Kier molecular flexibility index (Phi) is 6.45. The van der Waals surface area contributed by atoms with E-state index in [-0.39, 0.29) is 29.4 Å². The summed E-state index contributed by atoms with van der Waals surface area (Å²) in [6, 6.07) is 12.7. The van der Waals surface area contributed by atoms with Crippen LogP contribution in [0.25, 0.3) is 17.2 Å². The van der Waals surface area contributed by atoms with Gasteiger partial charge in [-0.25, -0.2) is 18.2 Å². The average Bonchev–Trinajstić information content (AvgIpc) is 3.25. The first-order chi connectivity index (χ1) is 15.4. The van der Waals surface area contributed by atoms with E-state index in [4.69, 9.17) is 13.9 Å². The van der Waals surface area contributed by atoms with Crippen molar-refractivity contribution in [2.45, 2.75) is 4.90 Å². The summed E-state index contributed by atoms with van der Waals surface area (Å²) in [6.07, 6.45) is 2.48. The van der Waals surface area contributed by atoms with E-state index in [1.54, 1.807) is 12.1 Å². The van der Waals surface area contributed by atoms with Crippen molar-refractivity contribution in [2.75, 3.05) is 32.9 Å². The first kappa shape index (κ1) is 21.9. The highest BCUT2D eigenvalue weighted by Crippen LogP contribution is 2.18. The molecule has 0 N–H and O–H groups in total. The number of oxazole rings is 1. The summed E-state index contributed by atoms with van der Waals surface area (Å²) in [4.78, 5) is 28.5. The van der Waals surface area contributed by atoms with Gasteiger partial charge in [0, 0.05) is 30.8 Å². The first-order valence-corrected chi connectivity index (χ1v) is 11.3. The summed E-state index contributed by atoms with van der Waals surface area (Å²) >= 11 is 0. The Hall–Kier alpha value is -3.34. The molecule has 0 saturated carbocycles. The topological polar surface area (TPSA) is 116 Å². The molecule has 0 atom stereocenters. The number of sulfonamides is 1. The zero-order chi connectivity index (χ0) is 22.6. The molecule has 166 valence electrons. The summed E-state index contributed by atoms with van der Waals surface area (Å²) < 4.78 is 42.2. The normalized spacial score (nSPS) is 15.2. The standard InChI is InChI=1S/C22H20N2O7S/c25-19(15-30-22(26)10-9-21-23-18-3-1-2-4-20(18)31-21)16-5-7-17(8-6-16)32(27,28)24-11-13-29-14-12-24/h1-10H,11-15H2/b10-9+. The number of nitrogens with zero attached hydrogens (tertiary/aromatic N) is 2. The van der Waals surface area contributed by atoms with Gasteiger partial charge in [0.25, 0.3) is 0 Å². The van der Waals surface area contributed by atoms with Crippen LogP contribution in [0.2, 0.25) is 0 Å². The number of Topliss-reactive ketones (excluding diaryl/α,β-unsaturated/α-hetero) is 1. The highest BCUT2D eigenvalue weighted by atomic mass is 32.2. The Labute approximate surface area is 184 Å². The fourth-order valence-electron chi connectivity index (χ4n) is 3.12. The second kappa shape index (κ2) is 9.43. The molecule has 1 aliphatic rings. The van der Waals surface area contributed by atoms with E-state index < -0.39 is 28.4 Å². The molecular formula is C22H20N2O7S. The molecule has 10 heteroatoms. The van der Waals surface area contributed by atoms with Gasteiger partial charge in [0.1, 0.15) is 5.52 Å². The molecule has 32 heavy (non-hydrogen) atoms. The first-order valence-electron chi connectivity index (χ1n) is 9.85. The minimum atomic E-state index is -3.64. The molecule has 1 aliphatic heterocycles. The van der Waals surface area contributed by atoms with E-state index in [9.17, 15) is 18.0 Å². The van der Waals surface area contributed by atoms with Crippen molar-refractivity contribution in [1.82, 2.24) is 9.29 Å². The summed E-state index contributed by atoms with van der Waals surface area (Å²) in [5.74, 6) is -0.942. The van der Waals surface area contributed by atoms with Crippen molar-refractivity contribution in [1.29, 1.82) is 0 Å². The number of rotatable bonds is 7. The summed E-state index contributed by atoms with van der Waals surface area (Å²) in [6.45, 7) is 0.794. The minimum absolute atomic E-state index is 0.0919. The van der Waals surface area contributed by atoms with Crippen LogP contribution in [0, 0.1) is 0 Å². The molecule has 3 aromatic rings. The molecule has 0 bridgehead atoms. The van der Waals surface area contributed by atoms with Crippen molar-refractivity contribution in [3.05, 3.63) is 66.1 Å². The molecule has 1 aromatic heterocycles. The van der Waals surface area contributed by atoms with Crippen LogP contribution in [0.3, 0.4) is 0 Å². The van der Waals surface area contributed by atoms with Gasteiger partial charge in [-0.1, -0.05) is 12.1 Å². The van der Waals surface area contributed by atoms with Crippen molar-refractivity contribution < 1.29 is 31.9 Å². The Morgan fingerprint density at radius 2 is 1.78 bits per heavy atom. The van der Waals surface area contributed by atoms with Crippen molar-refractivity contribution in [3.8, 4) is 0 Å². The number of aromatic nitrogens is 1. The lowest BCUT2D eigenvalue weighted by molar-refractivity contribution is -0.136. The number of carbonyl (C=O) groups excluding carboxylic acids is 2. The molecule has 4 rings (SSSR count). The van der Waals surface area contributed by atoms with Crippen LogP contribution in [0.5, 0.6) is 0 Å². The zero-order valence-electron chi connectivity index (χ0n) is 17.0. The number of ether oxygens (including phenoxy) is 2. The van der Waals surface area contributed by atoms with Crippen LogP contribution in [-0.2, 0) is 24.3 Å². The Balaban J connectivity index is 1.33. The van der Waals surface area contributed by atoms with E-state index in [0.29, 0.717) is 24.3 Å². The van der Waals surface area contributed by atoms with E-state index in [2.05, 4.69) is 4.98 Å². The molecule has 1 saturated heterocycles. The van der Waals surface area contributed by atoms with E-state index in [0.717, 1.165) is 6.08 Å². The smallest absolute Gasteiger partial charge is 0.331 e. The molecule has 0 unspecified atom stereocenters. The molecular weight excluding hydrogens is 436 g/mol. The van der Waals surface area contributed by atoms with Gasteiger partial charge in [-0.05, 0) is 36.4 Å². The fourth-order valence-corrected chi connectivity index (χ4v) is 4.53. The van der Waals surface area contributed by atoms with Gasteiger partial charge in [-0.15, -0.1) is 0 Å². The minimum Gasteiger partial charge on any atom is -0.454 e. The second-order valence-corrected chi connectivity index (χ2v) is 8.86. The molecule has 0 spiro atoms. The molecule has 1 fully saturated rings. The number of ketones is 1. The molecule has 0 aliphatic carbocycles. The molecule has 2 aromatic carbocycles. The number of hydrogen-bond donors (Lipinski definition) is 0. The number of hydrogen-bond acceptors (Lipinski definition) is 8. The molecule has 0 amide bonds. The number of carbonyl (C=O) groups is 2. The number of esters is 1. The van der Waals surface area contributed by atoms with Crippen LogP contribution >= 0.6 is 0 Å². The quantitative estimate of drug-likeness (QED) is 0.302. The SMILES string of the molecule is O=C(/C=C/c1nc2ccccc2o1)OCC(=O)c1ccc(S(=O)(=O)N2CCOCC2)cc1. The fraction of sp³-hybridized carbons (Fsp3) is 0.227. The average molecular weight is 456 g/mol. The molecule has 0 radical (unpaired) electrons. The predicted octanol–water partition coefficient (Wildman–Crippen LogP) is 2.29. The zero-order valence-corrected chi connectivity index (χ0v) is 17.8. The lowest BCUT2D eigenvalue weighted by atomic mass is 10.1. The van der Waals surface area contributed by atoms with Crippen molar-refractivity contribution in [2.24, 2.45) is 0 Å². The van der Waals surface area contributed by atoms with E-state index >= 15 is 0 Å². The third-order valence-corrected chi connectivity index (χ3v) is 6.71. The number of para-hydroxylation sites is 2. The van der Waals surface area contributed by atoms with Crippen molar-refractivity contribution >= 4 is 39.0 Å². The molecule has 2 heterocycles. The van der Waals surface area contributed by atoms with E-state index in [1.807, 2.05) is 12.1 Å². The number of morpholine rings is 1. The van der Waals surface area contributed by atoms with Gasteiger partial charge in [0.15, 0.2) is 18.0 Å². The highest BCUT2D eigenvalue weighted by molar-refractivity contribution is 7.89. The largest absolute Gasteiger partial charge is 0.454 e. The van der Waals surface area contributed by atoms with Gasteiger partial charge in [-0.2, -0.15) is 4.31 Å². The highest BCUT2D eigenvalue weighted by Gasteiger charge is 2.26. The Morgan fingerprint density at radius 1 is 1.06 bits per heavy atom. The lowest BCUT2D eigenvalue weighted by Crippen LogP contribution is -2.40. The maximum Gasteiger partial charge on any atom is 0.331 e. The van der Waals surface area contributed by atoms with Crippen LogP contribution in [0.1, 0.15) is 16.2 Å². The van der Waals surface area contributed by atoms with Crippen LogP contribution in [0.4, 0.5) is 0 Å².